The maximum Gasteiger partial charge on any atom is 0.0177 e. The van der Waals surface area contributed by atoms with E-state index in [1.807, 2.05) is 0 Å². The van der Waals surface area contributed by atoms with Crippen molar-refractivity contribution in [3.8, 4) is 0 Å². The molecular weight excluding hydrogens is 260 g/mol. The van der Waals surface area contributed by atoms with Gasteiger partial charge in [0, 0.05) is 4.83 Å². The minimum atomic E-state index is 0.732. The lowest BCUT2D eigenvalue weighted by Crippen LogP contribution is -2.15. The molecule has 2 atom stereocenters. The van der Waals surface area contributed by atoms with Crippen LogP contribution in [0.3, 0.4) is 0 Å². The molecule has 1 aliphatic carbocycles. The molecule has 0 radical (unpaired) electrons. The van der Waals surface area contributed by atoms with Crippen LogP contribution in [0.2, 0.25) is 0 Å². The van der Waals surface area contributed by atoms with E-state index in [0.29, 0.717) is 0 Å². The van der Waals surface area contributed by atoms with Crippen LogP contribution < -0.4 is 0 Å². The minimum absolute atomic E-state index is 0.732. The number of hydrogen-bond donors (Lipinski definition) is 0. The highest BCUT2D eigenvalue weighted by Gasteiger charge is 2.21. The van der Waals surface area contributed by atoms with Crippen molar-refractivity contribution in [2.24, 2.45) is 5.92 Å². The van der Waals surface area contributed by atoms with Crippen LogP contribution in [0, 0.1) is 12.8 Å². The molecule has 0 aliphatic heterocycles. The fourth-order valence-electron chi connectivity index (χ4n) is 2.71. The Morgan fingerprint density at radius 2 is 2.00 bits per heavy atom. The minimum Gasteiger partial charge on any atom is -0.0888 e. The zero-order chi connectivity index (χ0) is 11.4. The van der Waals surface area contributed by atoms with Gasteiger partial charge in [-0.15, -0.1) is 0 Å². The van der Waals surface area contributed by atoms with Gasteiger partial charge in [0.2, 0.25) is 0 Å². The summed E-state index contributed by atoms with van der Waals surface area (Å²) in [7, 11) is 0. The van der Waals surface area contributed by atoms with E-state index in [0.717, 1.165) is 10.7 Å². The second-order valence-corrected chi connectivity index (χ2v) is 6.28. The number of aryl methyl sites for hydroxylation is 1. The summed E-state index contributed by atoms with van der Waals surface area (Å²) in [5, 5.41) is 0. The SMILES string of the molecule is Cc1cccc(CC2CCCCCC2Br)c1. The van der Waals surface area contributed by atoms with Gasteiger partial charge in [0.25, 0.3) is 0 Å². The van der Waals surface area contributed by atoms with Crippen LogP contribution >= 0.6 is 15.9 Å². The molecule has 0 N–H and O–H groups in total. The fourth-order valence-corrected chi connectivity index (χ4v) is 3.49. The molecule has 1 saturated carbocycles. The topological polar surface area (TPSA) is 0 Å². The quantitative estimate of drug-likeness (QED) is 0.535. The standard InChI is InChI=1S/C15H21Br/c1-12-6-5-7-13(10-12)11-14-8-3-2-4-9-15(14)16/h5-7,10,14-15H,2-4,8-9,11H2,1H3. The van der Waals surface area contributed by atoms with E-state index in [2.05, 4.69) is 47.1 Å². The zero-order valence-electron chi connectivity index (χ0n) is 10.1. The van der Waals surface area contributed by atoms with E-state index in [9.17, 15) is 0 Å². The first kappa shape index (κ1) is 12.2. The molecule has 2 rings (SSSR count). The summed E-state index contributed by atoms with van der Waals surface area (Å²) in [5.74, 6) is 0.837. The molecule has 0 saturated heterocycles. The number of rotatable bonds is 2. The van der Waals surface area contributed by atoms with Gasteiger partial charge in [0.15, 0.2) is 0 Å². The summed E-state index contributed by atoms with van der Waals surface area (Å²) in [6.07, 6.45) is 8.24. The van der Waals surface area contributed by atoms with Crippen LogP contribution in [-0.4, -0.2) is 4.83 Å². The third-order valence-corrected chi connectivity index (χ3v) is 4.85. The summed E-state index contributed by atoms with van der Waals surface area (Å²) in [4.78, 5) is 0.732. The second-order valence-electron chi connectivity index (χ2n) is 5.11. The van der Waals surface area contributed by atoms with Gasteiger partial charge in [-0.1, -0.05) is 65.0 Å². The van der Waals surface area contributed by atoms with E-state index in [4.69, 9.17) is 0 Å². The lowest BCUT2D eigenvalue weighted by Gasteiger charge is -2.20. The summed E-state index contributed by atoms with van der Waals surface area (Å²) in [5.41, 5.74) is 2.90. The summed E-state index contributed by atoms with van der Waals surface area (Å²) >= 11 is 3.88. The predicted molar refractivity (Wildman–Crippen MR) is 74.2 cm³/mol. The summed E-state index contributed by atoms with van der Waals surface area (Å²) in [6, 6.07) is 8.98. The van der Waals surface area contributed by atoms with Crippen molar-refractivity contribution < 1.29 is 0 Å². The van der Waals surface area contributed by atoms with E-state index in [1.54, 1.807) is 0 Å². The molecule has 0 bridgehead atoms. The van der Waals surface area contributed by atoms with Crippen LogP contribution in [-0.2, 0) is 6.42 Å². The van der Waals surface area contributed by atoms with Crippen molar-refractivity contribution in [2.75, 3.05) is 0 Å². The normalized spacial score (nSPS) is 26.4. The third kappa shape index (κ3) is 3.35. The molecule has 1 fully saturated rings. The second kappa shape index (κ2) is 5.86. The molecule has 0 nitrogen and oxygen atoms in total. The Morgan fingerprint density at radius 1 is 1.19 bits per heavy atom. The third-order valence-electron chi connectivity index (χ3n) is 3.65. The van der Waals surface area contributed by atoms with Gasteiger partial charge >= 0.3 is 0 Å². The van der Waals surface area contributed by atoms with Crippen LogP contribution in [0.4, 0.5) is 0 Å². The van der Waals surface area contributed by atoms with Crippen molar-refractivity contribution in [1.82, 2.24) is 0 Å². The molecule has 0 aromatic heterocycles. The molecule has 0 amide bonds. The Balaban J connectivity index is 2.02. The first-order valence-corrected chi connectivity index (χ1v) is 7.37. The summed E-state index contributed by atoms with van der Waals surface area (Å²) in [6.45, 7) is 2.18. The van der Waals surface area contributed by atoms with E-state index in [-0.39, 0.29) is 0 Å². The van der Waals surface area contributed by atoms with Gasteiger partial charge in [0.1, 0.15) is 0 Å². The van der Waals surface area contributed by atoms with Crippen molar-refractivity contribution >= 4 is 15.9 Å². The van der Waals surface area contributed by atoms with Gasteiger partial charge < -0.3 is 0 Å². The first-order valence-electron chi connectivity index (χ1n) is 6.45. The molecular formula is C15H21Br. The maximum absolute atomic E-state index is 3.88. The van der Waals surface area contributed by atoms with E-state index in [1.165, 1.54) is 49.7 Å². The van der Waals surface area contributed by atoms with E-state index >= 15 is 0 Å². The molecule has 1 heteroatoms. The van der Waals surface area contributed by atoms with Crippen LogP contribution in [0.15, 0.2) is 24.3 Å². The number of halogens is 1. The van der Waals surface area contributed by atoms with Crippen LogP contribution in [0.5, 0.6) is 0 Å². The van der Waals surface area contributed by atoms with Crippen molar-refractivity contribution in [2.45, 2.75) is 50.3 Å². The smallest absolute Gasteiger partial charge is 0.0177 e. The van der Waals surface area contributed by atoms with Crippen molar-refractivity contribution in [3.63, 3.8) is 0 Å². The molecule has 2 unspecified atom stereocenters. The van der Waals surface area contributed by atoms with Crippen LogP contribution in [0.25, 0.3) is 0 Å². The molecule has 88 valence electrons. The lowest BCUT2D eigenvalue weighted by molar-refractivity contribution is 0.475. The van der Waals surface area contributed by atoms with Gasteiger partial charge in [-0.05, 0) is 37.7 Å². The number of hydrogen-bond acceptors (Lipinski definition) is 0. The highest BCUT2D eigenvalue weighted by atomic mass is 79.9. The average Bonchev–Trinajstić information content (AvgIpc) is 2.45. The van der Waals surface area contributed by atoms with Gasteiger partial charge in [-0.3, -0.25) is 0 Å². The van der Waals surface area contributed by atoms with Crippen molar-refractivity contribution in [3.05, 3.63) is 35.4 Å². The molecule has 1 aromatic carbocycles. The Morgan fingerprint density at radius 3 is 2.81 bits per heavy atom. The summed E-state index contributed by atoms with van der Waals surface area (Å²) < 4.78 is 0. The fraction of sp³-hybridized carbons (Fsp3) is 0.600. The van der Waals surface area contributed by atoms with Crippen LogP contribution in [0.1, 0.15) is 43.2 Å². The first-order chi connectivity index (χ1) is 7.75. The van der Waals surface area contributed by atoms with Crippen molar-refractivity contribution in [1.29, 1.82) is 0 Å². The van der Waals surface area contributed by atoms with Gasteiger partial charge in [-0.2, -0.15) is 0 Å². The maximum atomic E-state index is 3.88. The van der Waals surface area contributed by atoms with E-state index < -0.39 is 0 Å². The van der Waals surface area contributed by atoms with Gasteiger partial charge in [0.05, 0.1) is 0 Å². The Kier molecular flexibility index (Phi) is 4.45. The lowest BCUT2D eigenvalue weighted by atomic mass is 9.92. The van der Waals surface area contributed by atoms with Gasteiger partial charge in [-0.25, -0.2) is 0 Å². The Labute approximate surface area is 108 Å². The molecule has 0 spiro atoms. The highest BCUT2D eigenvalue weighted by Crippen LogP contribution is 2.31. The Bertz CT molecular complexity index is 332. The number of alkyl halides is 1. The Hall–Kier alpha value is -0.300. The molecule has 16 heavy (non-hydrogen) atoms. The monoisotopic (exact) mass is 280 g/mol. The molecule has 1 aliphatic rings. The molecule has 0 heterocycles. The molecule has 1 aromatic rings. The zero-order valence-corrected chi connectivity index (χ0v) is 11.7. The predicted octanol–water partition coefficient (Wildman–Crippen LogP) is 4.88. The number of benzene rings is 1. The largest absolute Gasteiger partial charge is 0.0888 e. The average molecular weight is 281 g/mol. The highest BCUT2D eigenvalue weighted by molar-refractivity contribution is 9.09.